The van der Waals surface area contributed by atoms with Gasteiger partial charge < -0.3 is 0 Å². The zero-order chi connectivity index (χ0) is 11.3. The third-order valence-electron chi connectivity index (χ3n) is 2.45. The van der Waals surface area contributed by atoms with Gasteiger partial charge in [-0.3, -0.25) is 4.99 Å². The zero-order valence-corrected chi connectivity index (χ0v) is 9.99. The molecule has 1 heterocycles. The van der Waals surface area contributed by atoms with E-state index >= 15 is 0 Å². The van der Waals surface area contributed by atoms with Crippen molar-refractivity contribution in [2.75, 3.05) is 0 Å². The second-order valence-corrected chi connectivity index (χ2v) is 3.71. The Morgan fingerprint density at radius 1 is 1.40 bits per heavy atom. The quantitative estimate of drug-likeness (QED) is 0.602. The van der Waals surface area contributed by atoms with Crippen LogP contribution in [-0.4, -0.2) is 12.3 Å². The van der Waals surface area contributed by atoms with Gasteiger partial charge in [-0.25, -0.2) is 0 Å². The lowest BCUT2D eigenvalue weighted by Crippen LogP contribution is -1.93. The van der Waals surface area contributed by atoms with Crippen molar-refractivity contribution in [3.63, 3.8) is 0 Å². The molecule has 0 saturated heterocycles. The molecule has 0 aromatic carbocycles. The van der Waals surface area contributed by atoms with Crippen LogP contribution in [-0.2, 0) is 0 Å². The van der Waals surface area contributed by atoms with Crippen LogP contribution in [0.2, 0.25) is 0 Å². The lowest BCUT2D eigenvalue weighted by atomic mass is 9.97. The number of hydrogen-bond acceptors (Lipinski definition) is 1. The van der Waals surface area contributed by atoms with Crippen molar-refractivity contribution in [3.05, 3.63) is 47.1 Å². The molecule has 1 rings (SSSR count). The van der Waals surface area contributed by atoms with Crippen LogP contribution in [0.3, 0.4) is 0 Å². The average molecular weight is 201 g/mol. The molecule has 80 valence electrons. The minimum Gasteiger partial charge on any atom is -0.286 e. The van der Waals surface area contributed by atoms with Crippen molar-refractivity contribution in [2.45, 2.75) is 33.7 Å². The normalized spacial score (nSPS) is 22.7. The maximum absolute atomic E-state index is 4.37. The van der Waals surface area contributed by atoms with Crippen LogP contribution in [0.25, 0.3) is 0 Å². The van der Waals surface area contributed by atoms with Gasteiger partial charge in [-0.05, 0) is 50.5 Å². The highest BCUT2D eigenvalue weighted by Gasteiger charge is 2.07. The highest BCUT2D eigenvalue weighted by Crippen LogP contribution is 2.22. The van der Waals surface area contributed by atoms with Crippen molar-refractivity contribution < 1.29 is 0 Å². The van der Waals surface area contributed by atoms with Gasteiger partial charge in [-0.15, -0.1) is 0 Å². The minimum absolute atomic E-state index is 0.280. The Morgan fingerprint density at radius 3 is 2.73 bits per heavy atom. The zero-order valence-electron chi connectivity index (χ0n) is 9.99. The third-order valence-corrected chi connectivity index (χ3v) is 2.45. The molecule has 0 aliphatic carbocycles. The van der Waals surface area contributed by atoms with Crippen molar-refractivity contribution in [1.29, 1.82) is 0 Å². The summed E-state index contributed by atoms with van der Waals surface area (Å²) in [5.41, 5.74) is 3.82. The second kappa shape index (κ2) is 5.50. The average Bonchev–Trinajstić information content (AvgIpc) is 2.36. The first-order valence-electron chi connectivity index (χ1n) is 5.40. The summed E-state index contributed by atoms with van der Waals surface area (Å²) in [4.78, 5) is 4.37. The molecule has 0 radical (unpaired) electrons. The molecule has 0 fully saturated rings. The van der Waals surface area contributed by atoms with E-state index in [-0.39, 0.29) is 6.04 Å². The number of allylic oxidation sites excluding steroid dienone is 7. The van der Waals surface area contributed by atoms with Crippen molar-refractivity contribution >= 4 is 6.21 Å². The summed E-state index contributed by atoms with van der Waals surface area (Å²) in [6.07, 6.45) is 12.5. The van der Waals surface area contributed by atoms with E-state index in [4.69, 9.17) is 0 Å². The van der Waals surface area contributed by atoms with Gasteiger partial charge in [0.05, 0.1) is 6.04 Å². The first-order chi connectivity index (χ1) is 7.19. The predicted octanol–water partition coefficient (Wildman–Crippen LogP) is 3.85. The van der Waals surface area contributed by atoms with Crippen molar-refractivity contribution in [2.24, 2.45) is 4.99 Å². The molecule has 0 N–H and O–H groups in total. The highest BCUT2D eigenvalue weighted by atomic mass is 14.7. The fraction of sp³-hybridized carbons (Fsp3) is 0.357. The van der Waals surface area contributed by atoms with Crippen molar-refractivity contribution in [1.82, 2.24) is 0 Å². The molecule has 15 heavy (non-hydrogen) atoms. The number of hydrogen-bond donors (Lipinski definition) is 0. The maximum Gasteiger partial charge on any atom is 0.0657 e. The maximum atomic E-state index is 4.37. The Hall–Kier alpha value is -1.37. The first-order valence-corrected chi connectivity index (χ1v) is 5.40. The van der Waals surface area contributed by atoms with Gasteiger partial charge in [-0.2, -0.15) is 0 Å². The molecular formula is C14H19N. The molecule has 0 bridgehead atoms. The SMILES string of the molecule is C/C=C\C(=C/C)C1=CC=NC(C)C=C1C. The van der Waals surface area contributed by atoms with Gasteiger partial charge in [0.25, 0.3) is 0 Å². The van der Waals surface area contributed by atoms with Gasteiger partial charge in [-0.1, -0.05) is 24.3 Å². The third kappa shape index (κ3) is 3.05. The minimum atomic E-state index is 0.280. The molecule has 1 nitrogen and oxygen atoms in total. The topological polar surface area (TPSA) is 12.4 Å². The smallest absolute Gasteiger partial charge is 0.0657 e. The molecule has 1 aliphatic rings. The van der Waals surface area contributed by atoms with E-state index in [0.29, 0.717) is 0 Å². The van der Waals surface area contributed by atoms with Crippen LogP contribution in [0.1, 0.15) is 27.7 Å². The van der Waals surface area contributed by atoms with E-state index in [0.717, 1.165) is 0 Å². The summed E-state index contributed by atoms with van der Waals surface area (Å²) < 4.78 is 0. The summed E-state index contributed by atoms with van der Waals surface area (Å²) in [5.74, 6) is 0. The van der Waals surface area contributed by atoms with E-state index < -0.39 is 0 Å². The Balaban J connectivity index is 3.09. The van der Waals surface area contributed by atoms with Gasteiger partial charge in [0, 0.05) is 6.21 Å². The summed E-state index contributed by atoms with van der Waals surface area (Å²) >= 11 is 0. The molecule has 1 atom stereocenters. The van der Waals surface area contributed by atoms with Gasteiger partial charge >= 0.3 is 0 Å². The molecule has 0 aromatic heterocycles. The fourth-order valence-electron chi connectivity index (χ4n) is 1.72. The lowest BCUT2D eigenvalue weighted by Gasteiger charge is -2.08. The van der Waals surface area contributed by atoms with Crippen molar-refractivity contribution in [3.8, 4) is 0 Å². The molecule has 0 amide bonds. The first kappa shape index (κ1) is 11.7. The van der Waals surface area contributed by atoms with E-state index in [1.807, 2.05) is 13.1 Å². The molecule has 0 saturated carbocycles. The fourth-order valence-corrected chi connectivity index (χ4v) is 1.72. The van der Waals surface area contributed by atoms with Gasteiger partial charge in [0.1, 0.15) is 0 Å². The Bertz CT molecular complexity index is 365. The predicted molar refractivity (Wildman–Crippen MR) is 68.4 cm³/mol. The molecule has 0 spiro atoms. The second-order valence-electron chi connectivity index (χ2n) is 3.71. The Labute approximate surface area is 92.6 Å². The lowest BCUT2D eigenvalue weighted by molar-refractivity contribution is 0.927. The molecular weight excluding hydrogens is 182 g/mol. The van der Waals surface area contributed by atoms with E-state index in [1.165, 1.54) is 16.7 Å². The number of rotatable bonds is 2. The van der Waals surface area contributed by atoms with Gasteiger partial charge in [0.2, 0.25) is 0 Å². The van der Waals surface area contributed by atoms with Gasteiger partial charge in [0.15, 0.2) is 0 Å². The van der Waals surface area contributed by atoms with Crippen LogP contribution in [0, 0.1) is 0 Å². The van der Waals surface area contributed by atoms with E-state index in [9.17, 15) is 0 Å². The van der Waals surface area contributed by atoms with Crippen LogP contribution < -0.4 is 0 Å². The van der Waals surface area contributed by atoms with Crippen LogP contribution in [0.5, 0.6) is 0 Å². The number of aliphatic imine (C=N–C) groups is 1. The van der Waals surface area contributed by atoms with Crippen LogP contribution >= 0.6 is 0 Å². The monoisotopic (exact) mass is 201 g/mol. The Morgan fingerprint density at radius 2 is 2.13 bits per heavy atom. The largest absolute Gasteiger partial charge is 0.286 e. The molecule has 0 aromatic rings. The number of nitrogens with zero attached hydrogens (tertiary/aromatic N) is 1. The van der Waals surface area contributed by atoms with Crippen LogP contribution in [0.4, 0.5) is 0 Å². The summed E-state index contributed by atoms with van der Waals surface area (Å²) in [6.45, 7) is 8.34. The molecule has 1 unspecified atom stereocenters. The van der Waals surface area contributed by atoms with Crippen LogP contribution in [0.15, 0.2) is 52.1 Å². The van der Waals surface area contributed by atoms with E-state index in [1.54, 1.807) is 0 Å². The highest BCUT2D eigenvalue weighted by molar-refractivity contribution is 5.77. The molecule has 1 heteroatoms. The summed E-state index contributed by atoms with van der Waals surface area (Å²) in [7, 11) is 0. The van der Waals surface area contributed by atoms with E-state index in [2.05, 4.69) is 56.1 Å². The summed E-state index contributed by atoms with van der Waals surface area (Å²) in [5, 5.41) is 0. The Kier molecular flexibility index (Phi) is 4.29. The molecule has 1 aliphatic heterocycles. The standard InChI is InChI=1S/C14H19N/c1-5-7-13(6-2)14-8-9-15-12(4)10-11(14)3/h5-10,12H,1-4H3/b7-5-,13-6+. The summed E-state index contributed by atoms with van der Waals surface area (Å²) in [6, 6.07) is 0.280.